The fourth-order valence-electron chi connectivity index (χ4n) is 2.66. The molecule has 0 bridgehead atoms. The summed E-state index contributed by atoms with van der Waals surface area (Å²) >= 11 is 1.65. The molecule has 9 heteroatoms. The maximum atomic E-state index is 12.5. The first-order valence-corrected chi connectivity index (χ1v) is 8.68. The van der Waals surface area contributed by atoms with Crippen LogP contribution in [-0.4, -0.2) is 25.4 Å². The van der Waals surface area contributed by atoms with E-state index in [9.17, 15) is 13.2 Å². The molecule has 0 aliphatic heterocycles. The highest BCUT2D eigenvalue weighted by Gasteiger charge is 2.42. The van der Waals surface area contributed by atoms with Crippen LogP contribution in [0, 0.1) is 0 Å². The Balaban J connectivity index is 0.00000243. The number of para-hydroxylation sites is 1. The van der Waals surface area contributed by atoms with Gasteiger partial charge in [0.15, 0.2) is 5.96 Å². The van der Waals surface area contributed by atoms with Crippen molar-refractivity contribution in [2.24, 2.45) is 4.99 Å². The lowest BCUT2D eigenvalue weighted by atomic mass is 10.1. The van der Waals surface area contributed by atoms with E-state index in [0.717, 1.165) is 6.42 Å². The van der Waals surface area contributed by atoms with Crippen LogP contribution in [0.2, 0.25) is 0 Å². The van der Waals surface area contributed by atoms with Crippen molar-refractivity contribution >= 4 is 41.3 Å². The number of hydrogen-bond donors (Lipinski definition) is 2. The second-order valence-corrected chi connectivity index (χ2v) is 6.72. The van der Waals surface area contributed by atoms with Gasteiger partial charge in [0.25, 0.3) is 0 Å². The molecule has 1 heterocycles. The molecule has 0 saturated heterocycles. The van der Waals surface area contributed by atoms with Crippen LogP contribution in [0.5, 0.6) is 5.75 Å². The Morgan fingerprint density at radius 1 is 1.27 bits per heavy atom. The van der Waals surface area contributed by atoms with Crippen molar-refractivity contribution in [2.45, 2.75) is 31.3 Å². The summed E-state index contributed by atoms with van der Waals surface area (Å²) in [6.45, 7) is 0.655. The molecule has 0 amide bonds. The highest BCUT2D eigenvalue weighted by Crippen LogP contribution is 2.45. The minimum Gasteiger partial charge on any atom is -0.405 e. The lowest BCUT2D eigenvalue weighted by molar-refractivity contribution is -0.274. The van der Waals surface area contributed by atoms with E-state index in [1.54, 1.807) is 30.5 Å². The molecular weight excluding hydrogens is 478 g/mol. The zero-order valence-corrected chi connectivity index (χ0v) is 17.1. The third kappa shape index (κ3) is 5.76. The largest absolute Gasteiger partial charge is 0.573 e. The van der Waals surface area contributed by atoms with Gasteiger partial charge in [-0.3, -0.25) is 4.99 Å². The quantitative estimate of drug-likeness (QED) is 0.364. The van der Waals surface area contributed by atoms with Crippen LogP contribution >= 0.6 is 35.3 Å². The van der Waals surface area contributed by atoms with Gasteiger partial charge in [-0.15, -0.1) is 48.5 Å². The lowest BCUT2D eigenvalue weighted by Crippen LogP contribution is -2.38. The number of guanidine groups is 1. The molecule has 2 unspecified atom stereocenters. The highest BCUT2D eigenvalue weighted by atomic mass is 127. The number of alkyl halides is 3. The molecule has 2 aromatic rings. The van der Waals surface area contributed by atoms with E-state index in [1.807, 2.05) is 17.5 Å². The van der Waals surface area contributed by atoms with E-state index < -0.39 is 6.36 Å². The topological polar surface area (TPSA) is 45.7 Å². The van der Waals surface area contributed by atoms with Crippen molar-refractivity contribution in [3.05, 3.63) is 52.2 Å². The van der Waals surface area contributed by atoms with Gasteiger partial charge >= 0.3 is 6.36 Å². The Morgan fingerprint density at radius 2 is 2.04 bits per heavy atom. The predicted molar refractivity (Wildman–Crippen MR) is 107 cm³/mol. The van der Waals surface area contributed by atoms with Gasteiger partial charge in [0.1, 0.15) is 5.75 Å². The van der Waals surface area contributed by atoms with E-state index in [2.05, 4.69) is 20.4 Å². The Hall–Kier alpha value is -1.49. The van der Waals surface area contributed by atoms with E-state index in [4.69, 9.17) is 0 Å². The van der Waals surface area contributed by atoms with Crippen LogP contribution in [0.25, 0.3) is 0 Å². The van der Waals surface area contributed by atoms with Crippen LogP contribution in [0.3, 0.4) is 0 Å². The molecule has 2 N–H and O–H groups in total. The fraction of sp³-hybridized carbons (Fsp3) is 0.353. The van der Waals surface area contributed by atoms with Gasteiger partial charge in [0.05, 0.1) is 6.54 Å². The monoisotopic (exact) mass is 497 g/mol. The molecule has 1 aromatic heterocycles. The first-order valence-electron chi connectivity index (χ1n) is 7.80. The molecule has 142 valence electrons. The van der Waals surface area contributed by atoms with Gasteiger partial charge in [0.2, 0.25) is 0 Å². The fourth-order valence-corrected chi connectivity index (χ4v) is 3.30. The molecule has 1 saturated carbocycles. The predicted octanol–water partition coefficient (Wildman–Crippen LogP) is 4.49. The third-order valence-corrected chi connectivity index (χ3v) is 4.77. The molecular formula is C17H19F3IN3OS. The molecule has 1 fully saturated rings. The first-order chi connectivity index (χ1) is 12.0. The van der Waals surface area contributed by atoms with E-state index >= 15 is 0 Å². The summed E-state index contributed by atoms with van der Waals surface area (Å²) in [5.41, 5.74) is 0.561. The van der Waals surface area contributed by atoms with Gasteiger partial charge in [-0.2, -0.15) is 0 Å². The second-order valence-electron chi connectivity index (χ2n) is 5.68. The lowest BCUT2D eigenvalue weighted by Gasteiger charge is -2.14. The molecule has 26 heavy (non-hydrogen) atoms. The van der Waals surface area contributed by atoms with Crippen LogP contribution in [0.4, 0.5) is 13.2 Å². The number of rotatable bonds is 5. The standard InChI is InChI=1S/C17H18F3N3OS.HI/c1-21-16(22-10-11-5-4-8-25-11)23-14-9-13(14)12-6-2-3-7-15(12)24-17(18,19)20;/h2-8,13-14H,9-10H2,1H3,(H2,21,22,23);1H. The van der Waals surface area contributed by atoms with E-state index in [0.29, 0.717) is 18.1 Å². The summed E-state index contributed by atoms with van der Waals surface area (Å²) in [6.07, 6.45) is -3.95. The van der Waals surface area contributed by atoms with Crippen LogP contribution in [-0.2, 0) is 6.54 Å². The average Bonchev–Trinajstić information content (AvgIpc) is 3.11. The van der Waals surface area contributed by atoms with Gasteiger partial charge in [-0.25, -0.2) is 0 Å². The number of aliphatic imine (C=N–C) groups is 1. The normalized spacial score (nSPS) is 19.5. The zero-order chi connectivity index (χ0) is 17.9. The van der Waals surface area contributed by atoms with Gasteiger partial charge in [0, 0.05) is 23.9 Å². The van der Waals surface area contributed by atoms with Gasteiger partial charge in [-0.05, 0) is 29.5 Å². The van der Waals surface area contributed by atoms with Crippen LogP contribution < -0.4 is 15.4 Å². The minimum atomic E-state index is -4.69. The maximum absolute atomic E-state index is 12.5. The Bertz CT molecular complexity index is 737. The highest BCUT2D eigenvalue weighted by molar-refractivity contribution is 14.0. The summed E-state index contributed by atoms with van der Waals surface area (Å²) in [5, 5.41) is 8.46. The van der Waals surface area contributed by atoms with E-state index in [1.165, 1.54) is 17.0 Å². The number of nitrogens with zero attached hydrogens (tertiary/aromatic N) is 1. The molecule has 1 aliphatic carbocycles. The minimum absolute atomic E-state index is 0. The number of benzene rings is 1. The van der Waals surface area contributed by atoms with Crippen molar-refractivity contribution in [3.63, 3.8) is 0 Å². The molecule has 0 radical (unpaired) electrons. The molecule has 0 spiro atoms. The summed E-state index contributed by atoms with van der Waals surface area (Å²) in [4.78, 5) is 5.35. The van der Waals surface area contributed by atoms with Crippen molar-refractivity contribution in [1.29, 1.82) is 0 Å². The number of halogens is 4. The number of nitrogens with one attached hydrogen (secondary N) is 2. The number of thiophene rings is 1. The van der Waals surface area contributed by atoms with E-state index in [-0.39, 0.29) is 41.7 Å². The van der Waals surface area contributed by atoms with Gasteiger partial charge < -0.3 is 15.4 Å². The SMILES string of the molecule is CN=C(NCc1cccs1)NC1CC1c1ccccc1OC(F)(F)F.I. The molecule has 3 rings (SSSR count). The molecule has 2 atom stereocenters. The Labute approximate surface area is 170 Å². The Kier molecular flexibility index (Phi) is 7.16. The van der Waals surface area contributed by atoms with Gasteiger partial charge in [-0.1, -0.05) is 24.3 Å². The summed E-state index contributed by atoms with van der Waals surface area (Å²) < 4.78 is 41.7. The molecule has 1 aliphatic rings. The third-order valence-electron chi connectivity index (χ3n) is 3.89. The average molecular weight is 497 g/mol. The maximum Gasteiger partial charge on any atom is 0.573 e. The van der Waals surface area contributed by atoms with Crippen molar-refractivity contribution in [3.8, 4) is 5.75 Å². The molecule has 4 nitrogen and oxygen atoms in total. The second kappa shape index (κ2) is 8.94. The summed E-state index contributed by atoms with van der Waals surface area (Å²) in [7, 11) is 1.67. The summed E-state index contributed by atoms with van der Waals surface area (Å²) in [6, 6.07) is 10.3. The Morgan fingerprint density at radius 3 is 2.69 bits per heavy atom. The van der Waals surface area contributed by atoms with Crippen LogP contribution in [0.15, 0.2) is 46.8 Å². The van der Waals surface area contributed by atoms with Crippen LogP contribution in [0.1, 0.15) is 22.8 Å². The van der Waals surface area contributed by atoms with Crippen molar-refractivity contribution in [2.75, 3.05) is 7.05 Å². The number of ether oxygens (including phenoxy) is 1. The molecule has 1 aromatic carbocycles. The zero-order valence-electron chi connectivity index (χ0n) is 13.9. The summed E-state index contributed by atoms with van der Waals surface area (Å²) in [5.74, 6) is 0.472. The number of hydrogen-bond acceptors (Lipinski definition) is 3. The van der Waals surface area contributed by atoms with Crippen molar-refractivity contribution < 1.29 is 17.9 Å². The smallest absolute Gasteiger partial charge is 0.405 e. The first kappa shape index (κ1) is 20.8. The van der Waals surface area contributed by atoms with Crippen molar-refractivity contribution in [1.82, 2.24) is 10.6 Å².